The normalized spacial score (nSPS) is 16.3. The van der Waals surface area contributed by atoms with Crippen molar-refractivity contribution in [3.8, 4) is 0 Å². The maximum absolute atomic E-state index is 10.5. The SMILES string of the molecule is CCOC(OCC)[C@@](O)(CO)[C@H](O)c1ccccc1. The summed E-state index contributed by atoms with van der Waals surface area (Å²) in [5.74, 6) is 0. The Morgan fingerprint density at radius 2 is 1.63 bits per heavy atom. The van der Waals surface area contributed by atoms with Crippen molar-refractivity contribution in [1.29, 1.82) is 0 Å². The number of rotatable bonds is 8. The van der Waals surface area contributed by atoms with Crippen molar-refractivity contribution in [2.24, 2.45) is 0 Å². The highest BCUT2D eigenvalue weighted by Crippen LogP contribution is 2.30. The van der Waals surface area contributed by atoms with E-state index >= 15 is 0 Å². The van der Waals surface area contributed by atoms with Crippen molar-refractivity contribution in [2.75, 3.05) is 19.8 Å². The molecule has 0 heterocycles. The van der Waals surface area contributed by atoms with Gasteiger partial charge >= 0.3 is 0 Å². The molecule has 0 spiro atoms. The van der Waals surface area contributed by atoms with Gasteiger partial charge in [-0.05, 0) is 19.4 Å². The molecular weight excluding hydrogens is 248 g/mol. The summed E-state index contributed by atoms with van der Waals surface area (Å²) in [5.41, 5.74) is -1.42. The van der Waals surface area contributed by atoms with Gasteiger partial charge in [0.15, 0.2) is 11.9 Å². The minimum atomic E-state index is -1.91. The third-order valence-electron chi connectivity index (χ3n) is 2.89. The molecule has 5 nitrogen and oxygen atoms in total. The standard InChI is InChI=1S/C14H22O5/c1-3-18-13(19-4-2)14(17,10-15)12(16)11-8-6-5-7-9-11/h5-9,12-13,15-17H,3-4,10H2,1-2H3/t12-,14-/m1/s1. The van der Waals surface area contributed by atoms with Crippen molar-refractivity contribution in [3.63, 3.8) is 0 Å². The van der Waals surface area contributed by atoms with Crippen LogP contribution in [0.15, 0.2) is 30.3 Å². The molecule has 0 aliphatic carbocycles. The molecule has 0 saturated carbocycles. The monoisotopic (exact) mass is 270 g/mol. The molecule has 0 aliphatic rings. The molecule has 1 aromatic carbocycles. The van der Waals surface area contributed by atoms with Crippen LogP contribution in [0.1, 0.15) is 25.5 Å². The van der Waals surface area contributed by atoms with Crippen LogP contribution in [0.3, 0.4) is 0 Å². The van der Waals surface area contributed by atoms with Gasteiger partial charge < -0.3 is 24.8 Å². The van der Waals surface area contributed by atoms with Crippen LogP contribution in [0, 0.1) is 0 Å². The van der Waals surface area contributed by atoms with Crippen LogP contribution in [0.25, 0.3) is 0 Å². The second-order valence-corrected chi connectivity index (χ2v) is 4.21. The zero-order chi connectivity index (χ0) is 14.3. The molecule has 0 saturated heterocycles. The van der Waals surface area contributed by atoms with Gasteiger partial charge in [-0.3, -0.25) is 0 Å². The average Bonchev–Trinajstić information content (AvgIpc) is 2.46. The molecule has 0 amide bonds. The molecule has 2 atom stereocenters. The first-order chi connectivity index (χ1) is 9.10. The predicted octanol–water partition coefficient (Wildman–Crippen LogP) is 0.843. The fourth-order valence-corrected chi connectivity index (χ4v) is 1.85. The highest BCUT2D eigenvalue weighted by molar-refractivity contribution is 5.20. The Morgan fingerprint density at radius 1 is 1.11 bits per heavy atom. The molecular formula is C14H22O5. The molecule has 5 heteroatoms. The third kappa shape index (κ3) is 3.75. The van der Waals surface area contributed by atoms with Crippen LogP contribution in [-0.4, -0.2) is 47.0 Å². The van der Waals surface area contributed by atoms with E-state index in [0.29, 0.717) is 18.8 Å². The summed E-state index contributed by atoms with van der Waals surface area (Å²) in [6.07, 6.45) is -2.40. The van der Waals surface area contributed by atoms with Gasteiger partial charge in [0.2, 0.25) is 0 Å². The summed E-state index contributed by atoms with van der Waals surface area (Å²) in [7, 11) is 0. The van der Waals surface area contributed by atoms with Gasteiger partial charge in [-0.1, -0.05) is 30.3 Å². The lowest BCUT2D eigenvalue weighted by Gasteiger charge is -2.37. The van der Waals surface area contributed by atoms with Gasteiger partial charge in [0.25, 0.3) is 0 Å². The van der Waals surface area contributed by atoms with E-state index < -0.39 is 24.6 Å². The summed E-state index contributed by atoms with van der Waals surface area (Å²) >= 11 is 0. The molecule has 0 bridgehead atoms. The maximum atomic E-state index is 10.5. The minimum Gasteiger partial charge on any atom is -0.393 e. The summed E-state index contributed by atoms with van der Waals surface area (Å²) in [4.78, 5) is 0. The molecule has 19 heavy (non-hydrogen) atoms. The number of hydrogen-bond donors (Lipinski definition) is 3. The van der Waals surface area contributed by atoms with E-state index in [4.69, 9.17) is 9.47 Å². The quantitative estimate of drug-likeness (QED) is 0.610. The number of aliphatic hydroxyl groups is 3. The lowest BCUT2D eigenvalue weighted by molar-refractivity contribution is -0.275. The number of hydrogen-bond acceptors (Lipinski definition) is 5. The summed E-state index contributed by atoms with van der Waals surface area (Å²) in [6.45, 7) is 3.42. The lowest BCUT2D eigenvalue weighted by atomic mass is 9.91. The molecule has 108 valence electrons. The third-order valence-corrected chi connectivity index (χ3v) is 2.89. The minimum absolute atomic E-state index is 0.300. The zero-order valence-corrected chi connectivity index (χ0v) is 11.3. The fraction of sp³-hybridized carbons (Fsp3) is 0.571. The predicted molar refractivity (Wildman–Crippen MR) is 70.5 cm³/mol. The second kappa shape index (κ2) is 7.57. The van der Waals surface area contributed by atoms with E-state index in [1.807, 2.05) is 0 Å². The Bertz CT molecular complexity index is 350. The van der Waals surface area contributed by atoms with E-state index in [1.54, 1.807) is 44.2 Å². The first-order valence-electron chi connectivity index (χ1n) is 6.39. The van der Waals surface area contributed by atoms with Crippen LogP contribution in [0.2, 0.25) is 0 Å². The van der Waals surface area contributed by atoms with E-state index in [2.05, 4.69) is 0 Å². The Labute approximate surface area is 113 Å². The molecule has 1 aromatic rings. The average molecular weight is 270 g/mol. The Kier molecular flexibility index (Phi) is 6.41. The first kappa shape index (κ1) is 16.1. The Hall–Kier alpha value is -0.980. The van der Waals surface area contributed by atoms with Crippen molar-refractivity contribution in [1.82, 2.24) is 0 Å². The van der Waals surface area contributed by atoms with Crippen LogP contribution >= 0.6 is 0 Å². The van der Waals surface area contributed by atoms with Gasteiger partial charge in [-0.15, -0.1) is 0 Å². The molecule has 0 aliphatic heterocycles. The van der Waals surface area contributed by atoms with Crippen molar-refractivity contribution >= 4 is 0 Å². The Morgan fingerprint density at radius 3 is 2.05 bits per heavy atom. The van der Waals surface area contributed by atoms with Crippen molar-refractivity contribution < 1.29 is 24.8 Å². The second-order valence-electron chi connectivity index (χ2n) is 4.21. The van der Waals surface area contributed by atoms with Gasteiger partial charge in [-0.25, -0.2) is 0 Å². The van der Waals surface area contributed by atoms with Gasteiger partial charge in [0.05, 0.1) is 6.61 Å². The van der Waals surface area contributed by atoms with E-state index in [-0.39, 0.29) is 0 Å². The Balaban J connectivity index is 2.99. The van der Waals surface area contributed by atoms with Crippen LogP contribution < -0.4 is 0 Å². The highest BCUT2D eigenvalue weighted by Gasteiger charge is 2.45. The van der Waals surface area contributed by atoms with Crippen LogP contribution in [0.4, 0.5) is 0 Å². The van der Waals surface area contributed by atoms with E-state index in [0.717, 1.165) is 0 Å². The largest absolute Gasteiger partial charge is 0.393 e. The molecule has 0 unspecified atom stereocenters. The van der Waals surface area contributed by atoms with E-state index in [9.17, 15) is 15.3 Å². The fourth-order valence-electron chi connectivity index (χ4n) is 1.85. The van der Waals surface area contributed by atoms with Crippen molar-refractivity contribution in [3.05, 3.63) is 35.9 Å². The number of ether oxygens (including phenoxy) is 2. The van der Waals surface area contributed by atoms with E-state index in [1.165, 1.54) is 0 Å². The maximum Gasteiger partial charge on any atom is 0.191 e. The molecule has 1 rings (SSSR count). The molecule has 0 radical (unpaired) electrons. The van der Waals surface area contributed by atoms with Crippen LogP contribution in [0.5, 0.6) is 0 Å². The topological polar surface area (TPSA) is 79.2 Å². The molecule has 0 aromatic heterocycles. The summed E-state index contributed by atoms with van der Waals surface area (Å²) in [5, 5.41) is 30.3. The number of benzene rings is 1. The van der Waals surface area contributed by atoms with Gasteiger partial charge in [0, 0.05) is 13.2 Å². The first-order valence-corrected chi connectivity index (χ1v) is 6.39. The van der Waals surface area contributed by atoms with Gasteiger partial charge in [0.1, 0.15) is 6.10 Å². The number of aliphatic hydroxyl groups excluding tert-OH is 2. The summed E-state index contributed by atoms with van der Waals surface area (Å²) in [6, 6.07) is 8.62. The van der Waals surface area contributed by atoms with Crippen LogP contribution in [-0.2, 0) is 9.47 Å². The summed E-state index contributed by atoms with van der Waals surface area (Å²) < 4.78 is 10.6. The smallest absolute Gasteiger partial charge is 0.191 e. The molecule has 3 N–H and O–H groups in total. The zero-order valence-electron chi connectivity index (χ0n) is 11.3. The highest BCUT2D eigenvalue weighted by atomic mass is 16.7. The van der Waals surface area contributed by atoms with Crippen molar-refractivity contribution in [2.45, 2.75) is 31.8 Å². The lowest BCUT2D eigenvalue weighted by Crippen LogP contribution is -2.53. The van der Waals surface area contributed by atoms with Gasteiger partial charge in [-0.2, -0.15) is 0 Å². The molecule has 0 fully saturated rings.